The lowest BCUT2D eigenvalue weighted by molar-refractivity contribution is -0.108. The Hall–Kier alpha value is -1.27. The van der Waals surface area contributed by atoms with E-state index in [9.17, 15) is 5.11 Å². The molecule has 0 bridgehead atoms. The summed E-state index contributed by atoms with van der Waals surface area (Å²) in [6, 6.07) is 0. The number of hydrogen-bond donors (Lipinski definition) is 3. The Morgan fingerprint density at radius 3 is 2.85 bits per heavy atom. The van der Waals surface area contributed by atoms with Gasteiger partial charge in [0, 0.05) is 4.91 Å². The molecular weight excluding hydrogens is 178 g/mol. The minimum absolute atomic E-state index is 1.12. The molecule has 1 heterocycles. The summed E-state index contributed by atoms with van der Waals surface area (Å²) in [5.41, 5.74) is 8.00. The molecule has 7 heteroatoms. The zero-order valence-electron chi connectivity index (χ0n) is 6.56. The summed E-state index contributed by atoms with van der Waals surface area (Å²) in [7, 11) is 0. The van der Waals surface area contributed by atoms with Gasteiger partial charge in [-0.3, -0.25) is 0 Å². The van der Waals surface area contributed by atoms with Crippen molar-refractivity contribution in [1.82, 2.24) is 0 Å². The first-order valence-corrected chi connectivity index (χ1v) is 3.57. The molecule has 13 heavy (non-hydrogen) atoms. The maximum Gasteiger partial charge on any atom is 0.172 e. The quantitative estimate of drug-likeness (QED) is 0.299. The third kappa shape index (κ3) is 2.10. The van der Waals surface area contributed by atoms with Gasteiger partial charge in [0.05, 0.1) is 6.26 Å². The number of azide groups is 1. The number of hydrogen-bond acceptors (Lipinski definition) is 5. The maximum absolute atomic E-state index is 9.26. The molecule has 0 aromatic rings. The average molecular weight is 187 g/mol. The second-order valence-corrected chi connectivity index (χ2v) is 2.53. The molecule has 0 amide bonds. The van der Waals surface area contributed by atoms with Crippen LogP contribution in [0.1, 0.15) is 0 Å². The van der Waals surface area contributed by atoms with Gasteiger partial charge < -0.3 is 20.1 Å². The van der Waals surface area contributed by atoms with Crippen LogP contribution in [0.25, 0.3) is 10.4 Å². The van der Waals surface area contributed by atoms with Crippen molar-refractivity contribution < 1.29 is 20.1 Å². The van der Waals surface area contributed by atoms with Crippen molar-refractivity contribution in [3.63, 3.8) is 0 Å². The van der Waals surface area contributed by atoms with Crippen molar-refractivity contribution in [2.24, 2.45) is 5.11 Å². The lowest BCUT2D eigenvalue weighted by Gasteiger charge is -2.29. The molecule has 7 nitrogen and oxygen atoms in total. The molecule has 0 saturated heterocycles. The second-order valence-electron chi connectivity index (χ2n) is 2.53. The Morgan fingerprint density at radius 2 is 2.23 bits per heavy atom. The lowest BCUT2D eigenvalue weighted by atomic mass is 10.1. The number of rotatable bonds is 2. The molecule has 1 aliphatic rings. The van der Waals surface area contributed by atoms with Crippen LogP contribution in [0.2, 0.25) is 0 Å². The summed E-state index contributed by atoms with van der Waals surface area (Å²) in [5.74, 6) is 0. The first kappa shape index (κ1) is 9.82. The van der Waals surface area contributed by atoms with Gasteiger partial charge in [0.1, 0.15) is 12.2 Å². The van der Waals surface area contributed by atoms with Crippen LogP contribution < -0.4 is 0 Å². The van der Waals surface area contributed by atoms with Crippen molar-refractivity contribution in [3.8, 4) is 0 Å². The Balaban J connectivity index is 2.70. The zero-order chi connectivity index (χ0) is 9.84. The van der Waals surface area contributed by atoms with Gasteiger partial charge in [0.15, 0.2) is 12.3 Å². The third-order valence-electron chi connectivity index (χ3n) is 1.66. The SMILES string of the molecule is [N-]=[N+]=NC(O)[C@H]1OC=C[C@@H](O)[C@@H]1O. The highest BCUT2D eigenvalue weighted by Gasteiger charge is 2.34. The van der Waals surface area contributed by atoms with E-state index in [0.29, 0.717) is 0 Å². The fourth-order valence-electron chi connectivity index (χ4n) is 0.971. The second kappa shape index (κ2) is 4.11. The molecule has 0 aromatic heterocycles. The van der Waals surface area contributed by atoms with Gasteiger partial charge in [-0.2, -0.15) is 0 Å². The summed E-state index contributed by atoms with van der Waals surface area (Å²) in [6.07, 6.45) is -2.70. The van der Waals surface area contributed by atoms with Crippen molar-refractivity contribution in [2.75, 3.05) is 0 Å². The Bertz CT molecular complexity index is 250. The van der Waals surface area contributed by atoms with Gasteiger partial charge in [0.25, 0.3) is 0 Å². The van der Waals surface area contributed by atoms with Crippen molar-refractivity contribution in [2.45, 2.75) is 24.5 Å². The highest BCUT2D eigenvalue weighted by atomic mass is 16.5. The van der Waals surface area contributed by atoms with Crippen LogP contribution in [0.3, 0.4) is 0 Å². The molecule has 0 radical (unpaired) electrons. The summed E-state index contributed by atoms with van der Waals surface area (Å²) in [6.45, 7) is 0. The van der Waals surface area contributed by atoms with Gasteiger partial charge in [-0.05, 0) is 11.6 Å². The largest absolute Gasteiger partial charge is 0.493 e. The summed E-state index contributed by atoms with van der Waals surface area (Å²) < 4.78 is 4.77. The fraction of sp³-hybridized carbons (Fsp3) is 0.667. The normalized spacial score (nSPS) is 34.5. The molecular formula is C6H9N3O4. The highest BCUT2D eigenvalue weighted by molar-refractivity contribution is 4.98. The van der Waals surface area contributed by atoms with E-state index < -0.39 is 24.5 Å². The predicted octanol–water partition coefficient (Wildman–Crippen LogP) is -0.751. The summed E-state index contributed by atoms with van der Waals surface area (Å²) >= 11 is 0. The van der Waals surface area contributed by atoms with E-state index in [1.165, 1.54) is 6.08 Å². The molecule has 0 aliphatic carbocycles. The molecule has 4 atom stereocenters. The van der Waals surface area contributed by atoms with Gasteiger partial charge in [-0.1, -0.05) is 5.11 Å². The lowest BCUT2D eigenvalue weighted by Crippen LogP contribution is -2.46. The van der Waals surface area contributed by atoms with E-state index in [0.717, 1.165) is 6.26 Å². The van der Waals surface area contributed by atoms with Crippen LogP contribution in [0.15, 0.2) is 17.5 Å². The minimum atomic E-state index is -1.51. The minimum Gasteiger partial charge on any atom is -0.493 e. The van der Waals surface area contributed by atoms with E-state index in [1.54, 1.807) is 0 Å². The predicted molar refractivity (Wildman–Crippen MR) is 41.2 cm³/mol. The zero-order valence-corrected chi connectivity index (χ0v) is 6.56. The van der Waals surface area contributed by atoms with Gasteiger partial charge >= 0.3 is 0 Å². The van der Waals surface area contributed by atoms with Crippen LogP contribution in [0.5, 0.6) is 0 Å². The number of aliphatic hydroxyl groups is 3. The maximum atomic E-state index is 9.26. The number of ether oxygens (including phenoxy) is 1. The van der Waals surface area contributed by atoms with E-state index in [4.69, 9.17) is 20.5 Å². The van der Waals surface area contributed by atoms with Crippen LogP contribution in [0, 0.1) is 0 Å². The molecule has 72 valence electrons. The third-order valence-corrected chi connectivity index (χ3v) is 1.66. The first-order chi connectivity index (χ1) is 6.16. The van der Waals surface area contributed by atoms with E-state index in [-0.39, 0.29) is 0 Å². The molecule has 0 aromatic carbocycles. The van der Waals surface area contributed by atoms with E-state index >= 15 is 0 Å². The Kier molecular flexibility index (Phi) is 3.10. The number of nitrogens with zero attached hydrogens (tertiary/aromatic N) is 3. The summed E-state index contributed by atoms with van der Waals surface area (Å²) in [5, 5.41) is 30.4. The molecule has 0 saturated carbocycles. The average Bonchev–Trinajstić information content (AvgIpc) is 2.10. The van der Waals surface area contributed by atoms with Crippen LogP contribution in [-0.4, -0.2) is 39.9 Å². The molecule has 3 N–H and O–H groups in total. The van der Waals surface area contributed by atoms with E-state index in [2.05, 4.69) is 10.0 Å². The molecule has 1 rings (SSSR count). The van der Waals surface area contributed by atoms with Crippen molar-refractivity contribution in [1.29, 1.82) is 0 Å². The fourth-order valence-corrected chi connectivity index (χ4v) is 0.971. The standard InChI is InChI=1S/C6H9N3O4/c7-9-8-6(12)5-4(11)3(10)1-2-13-5/h1-6,10-12H/t3-,4+,5+,6?/m1/s1. The Labute approximate surface area is 73.5 Å². The first-order valence-electron chi connectivity index (χ1n) is 3.57. The van der Waals surface area contributed by atoms with Crippen molar-refractivity contribution in [3.05, 3.63) is 22.8 Å². The molecule has 1 aliphatic heterocycles. The highest BCUT2D eigenvalue weighted by Crippen LogP contribution is 2.16. The van der Waals surface area contributed by atoms with Gasteiger partial charge in [-0.15, -0.1) is 0 Å². The monoisotopic (exact) mass is 187 g/mol. The Morgan fingerprint density at radius 1 is 1.54 bits per heavy atom. The summed E-state index contributed by atoms with van der Waals surface area (Å²) in [4.78, 5) is 2.35. The van der Waals surface area contributed by atoms with E-state index in [1.807, 2.05) is 0 Å². The molecule has 1 unspecified atom stereocenters. The topological polar surface area (TPSA) is 119 Å². The van der Waals surface area contributed by atoms with Gasteiger partial charge in [0.2, 0.25) is 0 Å². The van der Waals surface area contributed by atoms with Crippen molar-refractivity contribution >= 4 is 0 Å². The smallest absolute Gasteiger partial charge is 0.172 e. The van der Waals surface area contributed by atoms with Crippen LogP contribution in [-0.2, 0) is 4.74 Å². The number of aliphatic hydroxyl groups excluding tert-OH is 3. The molecule has 0 fully saturated rings. The van der Waals surface area contributed by atoms with Crippen LogP contribution in [0.4, 0.5) is 0 Å². The molecule has 0 spiro atoms. The van der Waals surface area contributed by atoms with Gasteiger partial charge in [-0.25, -0.2) is 0 Å². The van der Waals surface area contributed by atoms with Crippen LogP contribution >= 0.6 is 0 Å².